The van der Waals surface area contributed by atoms with Gasteiger partial charge in [0, 0.05) is 32.2 Å². The molecular formula is C16H24N2O. The average Bonchev–Trinajstić information content (AvgIpc) is 3.27. The maximum Gasteiger partial charge on any atom is 0.119 e. The van der Waals surface area contributed by atoms with Gasteiger partial charge in [0.1, 0.15) is 5.75 Å². The van der Waals surface area contributed by atoms with Crippen LogP contribution < -0.4 is 10.1 Å². The Morgan fingerprint density at radius 2 is 2.00 bits per heavy atom. The van der Waals surface area contributed by atoms with Crippen molar-refractivity contribution in [1.29, 1.82) is 0 Å². The number of piperazine rings is 1. The number of aryl methyl sites for hydroxylation is 1. The number of ether oxygens (including phenoxy) is 1. The van der Waals surface area contributed by atoms with E-state index in [1.807, 2.05) is 0 Å². The molecule has 0 spiro atoms. The molecule has 0 amide bonds. The summed E-state index contributed by atoms with van der Waals surface area (Å²) < 4.78 is 5.33. The highest BCUT2D eigenvalue weighted by atomic mass is 16.5. The molecule has 0 unspecified atom stereocenters. The number of hydrogen-bond acceptors (Lipinski definition) is 3. The monoisotopic (exact) mass is 260 g/mol. The van der Waals surface area contributed by atoms with Gasteiger partial charge < -0.3 is 10.1 Å². The van der Waals surface area contributed by atoms with Crippen molar-refractivity contribution in [3.63, 3.8) is 0 Å². The van der Waals surface area contributed by atoms with Crippen LogP contribution in [0.2, 0.25) is 0 Å². The first-order valence-corrected chi connectivity index (χ1v) is 7.39. The van der Waals surface area contributed by atoms with Crippen molar-refractivity contribution in [2.75, 3.05) is 33.3 Å². The molecule has 1 aliphatic carbocycles. The van der Waals surface area contributed by atoms with Gasteiger partial charge >= 0.3 is 0 Å². The predicted molar refractivity (Wildman–Crippen MR) is 77.6 cm³/mol. The maximum absolute atomic E-state index is 5.33. The Balaban J connectivity index is 1.86. The molecule has 0 bridgehead atoms. The third kappa shape index (κ3) is 2.77. The number of nitrogens with zero attached hydrogens (tertiary/aromatic N) is 1. The number of methoxy groups -OCH3 is 1. The molecule has 0 radical (unpaired) electrons. The lowest BCUT2D eigenvalue weighted by Crippen LogP contribution is -2.45. The van der Waals surface area contributed by atoms with E-state index < -0.39 is 0 Å². The molecule has 1 aromatic rings. The zero-order chi connectivity index (χ0) is 13.2. The molecule has 1 aromatic carbocycles. The minimum atomic E-state index is 0.619. The van der Waals surface area contributed by atoms with Crippen molar-refractivity contribution in [2.24, 2.45) is 5.92 Å². The maximum atomic E-state index is 5.33. The van der Waals surface area contributed by atoms with E-state index in [1.54, 1.807) is 7.11 Å². The molecule has 3 heteroatoms. The van der Waals surface area contributed by atoms with E-state index in [9.17, 15) is 0 Å². The summed E-state index contributed by atoms with van der Waals surface area (Å²) >= 11 is 0. The molecule has 3 nitrogen and oxygen atoms in total. The lowest BCUT2D eigenvalue weighted by Gasteiger charge is -2.36. The van der Waals surface area contributed by atoms with Crippen molar-refractivity contribution >= 4 is 0 Å². The Morgan fingerprint density at radius 1 is 1.26 bits per heavy atom. The SMILES string of the molecule is COc1ccc([C@@H](C2CC2)N2CCNCC2)c(C)c1. The summed E-state index contributed by atoms with van der Waals surface area (Å²) in [4.78, 5) is 2.67. The number of rotatable bonds is 4. The average molecular weight is 260 g/mol. The highest BCUT2D eigenvalue weighted by molar-refractivity contribution is 5.37. The first-order chi connectivity index (χ1) is 9.29. The summed E-state index contributed by atoms with van der Waals surface area (Å²) in [6.45, 7) is 6.81. The fourth-order valence-electron chi connectivity index (χ4n) is 3.23. The standard InChI is InChI=1S/C16H24N2O/c1-12-11-14(19-2)5-6-15(12)16(13-3-4-13)18-9-7-17-8-10-18/h5-6,11,13,16-17H,3-4,7-10H2,1-2H3/t16-/m1/s1. The van der Waals surface area contributed by atoms with Gasteiger partial charge in [-0.2, -0.15) is 0 Å². The normalized spacial score (nSPS) is 22.2. The predicted octanol–water partition coefficient (Wildman–Crippen LogP) is 2.36. The number of hydrogen-bond donors (Lipinski definition) is 1. The van der Waals surface area contributed by atoms with Gasteiger partial charge in [-0.15, -0.1) is 0 Å². The van der Waals surface area contributed by atoms with Gasteiger partial charge in [0.05, 0.1) is 7.11 Å². The van der Waals surface area contributed by atoms with E-state index in [1.165, 1.54) is 37.1 Å². The molecule has 104 valence electrons. The Kier molecular flexibility index (Phi) is 3.76. The second-order valence-electron chi connectivity index (χ2n) is 5.79. The second-order valence-corrected chi connectivity index (χ2v) is 5.79. The van der Waals surface area contributed by atoms with Crippen molar-refractivity contribution < 1.29 is 4.74 Å². The molecule has 1 saturated heterocycles. The first-order valence-electron chi connectivity index (χ1n) is 7.39. The van der Waals surface area contributed by atoms with Crippen LogP contribution in [0.1, 0.15) is 30.0 Å². The zero-order valence-corrected chi connectivity index (χ0v) is 12.0. The molecule has 2 fully saturated rings. The molecular weight excluding hydrogens is 236 g/mol. The fourth-order valence-corrected chi connectivity index (χ4v) is 3.23. The minimum absolute atomic E-state index is 0.619. The van der Waals surface area contributed by atoms with Gasteiger partial charge in [0.15, 0.2) is 0 Å². The van der Waals surface area contributed by atoms with Crippen molar-refractivity contribution in [1.82, 2.24) is 10.2 Å². The van der Waals surface area contributed by atoms with E-state index in [4.69, 9.17) is 4.74 Å². The summed E-state index contributed by atoms with van der Waals surface area (Å²) in [5.74, 6) is 1.83. The van der Waals surface area contributed by atoms with E-state index in [0.29, 0.717) is 6.04 Å². The third-order valence-corrected chi connectivity index (χ3v) is 4.41. The van der Waals surface area contributed by atoms with Crippen LogP contribution >= 0.6 is 0 Å². The minimum Gasteiger partial charge on any atom is -0.497 e. The molecule has 1 heterocycles. The quantitative estimate of drug-likeness (QED) is 0.899. The van der Waals surface area contributed by atoms with Gasteiger partial charge in [-0.25, -0.2) is 0 Å². The van der Waals surface area contributed by atoms with E-state index in [2.05, 4.69) is 35.3 Å². The van der Waals surface area contributed by atoms with Crippen LogP contribution in [0.15, 0.2) is 18.2 Å². The molecule has 1 atom stereocenters. The van der Waals surface area contributed by atoms with Gasteiger partial charge in [-0.3, -0.25) is 4.90 Å². The molecule has 19 heavy (non-hydrogen) atoms. The summed E-state index contributed by atoms with van der Waals surface area (Å²) in [6, 6.07) is 7.18. The Labute approximate surface area is 115 Å². The van der Waals surface area contributed by atoms with Crippen molar-refractivity contribution in [3.8, 4) is 5.75 Å². The Bertz CT molecular complexity index is 436. The lowest BCUT2D eigenvalue weighted by atomic mass is 9.95. The largest absolute Gasteiger partial charge is 0.497 e. The first kappa shape index (κ1) is 12.9. The molecule has 1 aliphatic heterocycles. The van der Waals surface area contributed by atoms with E-state index in [-0.39, 0.29) is 0 Å². The smallest absolute Gasteiger partial charge is 0.119 e. The van der Waals surface area contributed by atoms with Gasteiger partial charge in [-0.05, 0) is 48.9 Å². The lowest BCUT2D eigenvalue weighted by molar-refractivity contribution is 0.155. The topological polar surface area (TPSA) is 24.5 Å². The summed E-state index contributed by atoms with van der Waals surface area (Å²) in [6.07, 6.45) is 2.78. The van der Waals surface area contributed by atoms with E-state index in [0.717, 1.165) is 24.8 Å². The van der Waals surface area contributed by atoms with E-state index >= 15 is 0 Å². The molecule has 0 aromatic heterocycles. The Morgan fingerprint density at radius 3 is 2.58 bits per heavy atom. The van der Waals surface area contributed by atoms with Crippen LogP contribution in [0.5, 0.6) is 5.75 Å². The second kappa shape index (κ2) is 5.51. The highest BCUT2D eigenvalue weighted by Crippen LogP contribution is 2.45. The van der Waals surface area contributed by atoms with Crippen molar-refractivity contribution in [2.45, 2.75) is 25.8 Å². The van der Waals surface area contributed by atoms with Crippen LogP contribution in [0, 0.1) is 12.8 Å². The van der Waals surface area contributed by atoms with Crippen LogP contribution in [0.4, 0.5) is 0 Å². The number of nitrogens with one attached hydrogen (secondary N) is 1. The highest BCUT2D eigenvalue weighted by Gasteiger charge is 2.37. The van der Waals surface area contributed by atoms with Crippen molar-refractivity contribution in [3.05, 3.63) is 29.3 Å². The fraction of sp³-hybridized carbons (Fsp3) is 0.625. The summed E-state index contributed by atoms with van der Waals surface area (Å²) in [7, 11) is 1.74. The van der Waals surface area contributed by atoms with Crippen LogP contribution in [0.3, 0.4) is 0 Å². The van der Waals surface area contributed by atoms with Gasteiger partial charge in [0.25, 0.3) is 0 Å². The molecule has 1 saturated carbocycles. The van der Waals surface area contributed by atoms with Crippen LogP contribution in [-0.2, 0) is 0 Å². The third-order valence-electron chi connectivity index (χ3n) is 4.41. The van der Waals surface area contributed by atoms with Gasteiger partial charge in [0.2, 0.25) is 0 Å². The molecule has 3 rings (SSSR count). The van der Waals surface area contributed by atoms with Crippen LogP contribution in [-0.4, -0.2) is 38.2 Å². The summed E-state index contributed by atoms with van der Waals surface area (Å²) in [5.41, 5.74) is 2.87. The zero-order valence-electron chi connectivity index (χ0n) is 12.0. The van der Waals surface area contributed by atoms with Crippen LogP contribution in [0.25, 0.3) is 0 Å². The Hall–Kier alpha value is -1.06. The molecule has 1 N–H and O–H groups in total. The molecule has 2 aliphatic rings. The summed E-state index contributed by atoms with van der Waals surface area (Å²) in [5, 5.41) is 3.45. The van der Waals surface area contributed by atoms with Gasteiger partial charge in [-0.1, -0.05) is 6.07 Å². The number of benzene rings is 1.